The fourth-order valence-electron chi connectivity index (χ4n) is 2.52. The van der Waals surface area contributed by atoms with E-state index in [-0.39, 0.29) is 17.5 Å². The molecule has 0 radical (unpaired) electrons. The van der Waals surface area contributed by atoms with Crippen molar-refractivity contribution in [1.29, 1.82) is 0 Å². The number of anilines is 1. The standard InChI is InChI=1S/C17H19N3O2S/c1-10-6-13(8-16(22)11(10)2)19-20-17-18-15(9-23-17)12-4-3-5-14(21)7-12/h3-5,7-11,19,21H,6H2,1-2H3,(H,18,20). The van der Waals surface area contributed by atoms with Crippen molar-refractivity contribution >= 4 is 22.3 Å². The van der Waals surface area contributed by atoms with Crippen molar-refractivity contribution in [3.05, 3.63) is 41.4 Å². The number of allylic oxidation sites excluding steroid dienone is 2. The molecule has 1 aliphatic rings. The lowest BCUT2D eigenvalue weighted by molar-refractivity contribution is -0.119. The van der Waals surface area contributed by atoms with Gasteiger partial charge in [-0.1, -0.05) is 26.0 Å². The van der Waals surface area contributed by atoms with Crippen LogP contribution < -0.4 is 10.9 Å². The second-order valence-corrected chi connectivity index (χ2v) is 6.74. The minimum atomic E-state index is 0.0813. The van der Waals surface area contributed by atoms with Gasteiger partial charge in [0, 0.05) is 28.6 Å². The first-order valence-corrected chi connectivity index (χ1v) is 8.42. The Bertz CT molecular complexity index is 754. The highest BCUT2D eigenvalue weighted by Crippen LogP contribution is 2.28. The Morgan fingerprint density at radius 2 is 2.13 bits per heavy atom. The van der Waals surface area contributed by atoms with Crippen LogP contribution in [0, 0.1) is 11.8 Å². The molecule has 2 atom stereocenters. The number of ketones is 1. The summed E-state index contributed by atoms with van der Waals surface area (Å²) in [5.74, 6) is 0.790. The van der Waals surface area contributed by atoms with Crippen LogP contribution in [0.15, 0.2) is 41.4 Å². The van der Waals surface area contributed by atoms with Crippen LogP contribution in [0.3, 0.4) is 0 Å². The maximum atomic E-state index is 11.9. The van der Waals surface area contributed by atoms with Gasteiger partial charge in [0.05, 0.1) is 5.69 Å². The van der Waals surface area contributed by atoms with Gasteiger partial charge in [-0.25, -0.2) is 4.98 Å². The molecular weight excluding hydrogens is 310 g/mol. The van der Waals surface area contributed by atoms with Crippen molar-refractivity contribution in [2.45, 2.75) is 20.3 Å². The molecule has 120 valence electrons. The van der Waals surface area contributed by atoms with Gasteiger partial charge in [-0.15, -0.1) is 11.3 Å². The van der Waals surface area contributed by atoms with Gasteiger partial charge in [-0.3, -0.25) is 10.2 Å². The van der Waals surface area contributed by atoms with Crippen LogP contribution in [0.4, 0.5) is 5.13 Å². The third kappa shape index (κ3) is 3.53. The van der Waals surface area contributed by atoms with E-state index in [4.69, 9.17) is 0 Å². The number of hydrogen-bond donors (Lipinski definition) is 3. The van der Waals surface area contributed by atoms with Gasteiger partial charge in [0.2, 0.25) is 5.13 Å². The second-order valence-electron chi connectivity index (χ2n) is 5.88. The third-order valence-corrected chi connectivity index (χ3v) is 4.89. The Kier molecular flexibility index (Phi) is 4.34. The minimum Gasteiger partial charge on any atom is -0.508 e. The number of carbonyl (C=O) groups is 1. The SMILES string of the molecule is CC1CC(NNc2nc(-c3cccc(O)c3)cs2)=CC(=O)C1C. The fourth-order valence-corrected chi connectivity index (χ4v) is 3.19. The Balaban J connectivity index is 1.66. The summed E-state index contributed by atoms with van der Waals surface area (Å²) in [5, 5.41) is 12.2. The van der Waals surface area contributed by atoms with E-state index in [1.54, 1.807) is 24.3 Å². The number of benzene rings is 1. The maximum absolute atomic E-state index is 11.9. The Morgan fingerprint density at radius 3 is 2.87 bits per heavy atom. The molecule has 2 unspecified atom stereocenters. The lowest BCUT2D eigenvalue weighted by Crippen LogP contribution is -2.30. The van der Waals surface area contributed by atoms with E-state index in [9.17, 15) is 9.90 Å². The average molecular weight is 329 g/mol. The number of hydrazine groups is 1. The van der Waals surface area contributed by atoms with Crippen molar-refractivity contribution in [2.75, 3.05) is 5.43 Å². The van der Waals surface area contributed by atoms with Crippen molar-refractivity contribution < 1.29 is 9.90 Å². The first kappa shape index (κ1) is 15.6. The van der Waals surface area contributed by atoms with Gasteiger partial charge in [0.15, 0.2) is 5.78 Å². The van der Waals surface area contributed by atoms with E-state index in [1.807, 2.05) is 18.4 Å². The van der Waals surface area contributed by atoms with Crippen LogP contribution >= 0.6 is 11.3 Å². The molecule has 0 aliphatic heterocycles. The zero-order valence-corrected chi connectivity index (χ0v) is 13.9. The lowest BCUT2D eigenvalue weighted by Gasteiger charge is -2.25. The number of nitrogens with zero attached hydrogens (tertiary/aromatic N) is 1. The molecule has 3 rings (SSSR count). The minimum absolute atomic E-state index is 0.0813. The molecule has 1 aromatic carbocycles. The van der Waals surface area contributed by atoms with Gasteiger partial charge >= 0.3 is 0 Å². The highest BCUT2D eigenvalue weighted by molar-refractivity contribution is 7.14. The molecule has 0 bridgehead atoms. The quantitative estimate of drug-likeness (QED) is 0.748. The molecule has 1 heterocycles. The second kappa shape index (κ2) is 6.42. The fraction of sp³-hybridized carbons (Fsp3) is 0.294. The zero-order chi connectivity index (χ0) is 16.4. The van der Waals surface area contributed by atoms with Crippen LogP contribution in [0.5, 0.6) is 5.75 Å². The number of carbonyl (C=O) groups excluding carboxylic acids is 1. The van der Waals surface area contributed by atoms with Gasteiger partial charge in [-0.05, 0) is 24.5 Å². The molecule has 5 nitrogen and oxygen atoms in total. The van der Waals surface area contributed by atoms with Crippen molar-refractivity contribution in [2.24, 2.45) is 11.8 Å². The van der Waals surface area contributed by atoms with E-state index >= 15 is 0 Å². The zero-order valence-electron chi connectivity index (χ0n) is 13.0. The first-order chi connectivity index (χ1) is 11.0. The smallest absolute Gasteiger partial charge is 0.202 e. The van der Waals surface area contributed by atoms with Crippen molar-refractivity contribution in [1.82, 2.24) is 10.4 Å². The molecule has 3 N–H and O–H groups in total. The number of rotatable bonds is 4. The Hall–Kier alpha value is -2.34. The van der Waals surface area contributed by atoms with E-state index in [0.29, 0.717) is 11.0 Å². The predicted molar refractivity (Wildman–Crippen MR) is 92.0 cm³/mol. The van der Waals surface area contributed by atoms with Gasteiger partial charge in [0.1, 0.15) is 5.75 Å². The van der Waals surface area contributed by atoms with Crippen molar-refractivity contribution in [3.63, 3.8) is 0 Å². The molecule has 0 amide bonds. The average Bonchev–Trinajstić information content (AvgIpc) is 2.99. The summed E-state index contributed by atoms with van der Waals surface area (Å²) in [6.07, 6.45) is 2.51. The van der Waals surface area contributed by atoms with Crippen molar-refractivity contribution in [3.8, 4) is 17.0 Å². The molecule has 0 fully saturated rings. The summed E-state index contributed by atoms with van der Waals surface area (Å²) in [7, 11) is 0. The number of phenols is 1. The van der Waals surface area contributed by atoms with Crippen LogP contribution in [0.25, 0.3) is 11.3 Å². The topological polar surface area (TPSA) is 74.2 Å². The number of aromatic nitrogens is 1. The van der Waals surface area contributed by atoms with E-state index in [2.05, 4.69) is 22.8 Å². The largest absolute Gasteiger partial charge is 0.508 e. The summed E-state index contributed by atoms with van der Waals surface area (Å²) in [6, 6.07) is 7.00. The number of phenolic OH excluding ortho intramolecular Hbond substituents is 1. The van der Waals surface area contributed by atoms with Crippen LogP contribution in [-0.4, -0.2) is 15.9 Å². The van der Waals surface area contributed by atoms with E-state index in [0.717, 1.165) is 23.4 Å². The van der Waals surface area contributed by atoms with Gasteiger partial charge in [-0.2, -0.15) is 0 Å². The number of hydrogen-bond acceptors (Lipinski definition) is 6. The third-order valence-electron chi connectivity index (χ3n) is 4.14. The molecular formula is C17H19N3O2S. The van der Waals surface area contributed by atoms with E-state index in [1.165, 1.54) is 11.3 Å². The Labute approximate surface area is 139 Å². The first-order valence-electron chi connectivity index (χ1n) is 7.54. The summed E-state index contributed by atoms with van der Waals surface area (Å²) >= 11 is 1.46. The molecule has 2 aromatic rings. The summed E-state index contributed by atoms with van der Waals surface area (Å²) in [5.41, 5.74) is 8.68. The molecule has 1 aromatic heterocycles. The number of thiazole rings is 1. The van der Waals surface area contributed by atoms with Gasteiger partial charge < -0.3 is 10.5 Å². The molecule has 0 saturated heterocycles. The van der Waals surface area contributed by atoms with Crippen LogP contribution in [0.1, 0.15) is 20.3 Å². The number of nitrogens with one attached hydrogen (secondary N) is 2. The summed E-state index contributed by atoms with van der Waals surface area (Å²) in [4.78, 5) is 16.3. The van der Waals surface area contributed by atoms with Crippen LogP contribution in [0.2, 0.25) is 0 Å². The molecule has 0 spiro atoms. The highest BCUT2D eigenvalue weighted by atomic mass is 32.1. The maximum Gasteiger partial charge on any atom is 0.202 e. The monoisotopic (exact) mass is 329 g/mol. The van der Waals surface area contributed by atoms with Crippen LogP contribution in [-0.2, 0) is 4.79 Å². The highest BCUT2D eigenvalue weighted by Gasteiger charge is 2.25. The molecule has 0 saturated carbocycles. The lowest BCUT2D eigenvalue weighted by atomic mass is 9.83. The summed E-state index contributed by atoms with van der Waals surface area (Å²) in [6.45, 7) is 4.05. The Morgan fingerprint density at radius 1 is 1.30 bits per heavy atom. The molecule has 1 aliphatic carbocycles. The van der Waals surface area contributed by atoms with E-state index < -0.39 is 0 Å². The predicted octanol–water partition coefficient (Wildman–Crippen LogP) is 3.56. The van der Waals surface area contributed by atoms with Gasteiger partial charge in [0.25, 0.3) is 0 Å². The summed E-state index contributed by atoms with van der Waals surface area (Å²) < 4.78 is 0. The normalized spacial score (nSPS) is 21.0. The molecule has 6 heteroatoms. The number of aromatic hydroxyl groups is 1. The molecule has 23 heavy (non-hydrogen) atoms.